The molecule has 0 aliphatic rings. The summed E-state index contributed by atoms with van der Waals surface area (Å²) in [6, 6.07) is 19.9. The summed E-state index contributed by atoms with van der Waals surface area (Å²) in [7, 11) is 3.98. The van der Waals surface area contributed by atoms with E-state index in [0.717, 1.165) is 22.4 Å². The molecule has 5 N–H and O–H groups in total. The highest BCUT2D eigenvalue weighted by atomic mass is 35.5. The number of nitrogens with zero attached hydrogens (tertiary/aromatic N) is 1. The summed E-state index contributed by atoms with van der Waals surface area (Å²) in [6.45, 7) is 1.96. The number of hydrogen-bond acceptors (Lipinski definition) is 4. The van der Waals surface area contributed by atoms with E-state index in [0.29, 0.717) is 16.8 Å². The van der Waals surface area contributed by atoms with Crippen molar-refractivity contribution in [2.75, 3.05) is 24.3 Å². The van der Waals surface area contributed by atoms with Gasteiger partial charge >= 0.3 is 5.97 Å². The van der Waals surface area contributed by atoms with E-state index in [4.69, 9.17) is 11.1 Å². The molecule has 0 fully saturated rings. The van der Waals surface area contributed by atoms with Crippen molar-refractivity contribution >= 4 is 35.6 Å². The van der Waals surface area contributed by atoms with Crippen molar-refractivity contribution in [3.63, 3.8) is 0 Å². The van der Waals surface area contributed by atoms with Crippen molar-refractivity contribution in [1.29, 1.82) is 5.41 Å². The van der Waals surface area contributed by atoms with Gasteiger partial charge in [0.15, 0.2) is 6.04 Å². The van der Waals surface area contributed by atoms with Gasteiger partial charge in [-0.1, -0.05) is 29.8 Å². The van der Waals surface area contributed by atoms with Crippen LogP contribution in [-0.4, -0.2) is 31.0 Å². The topological polar surface area (TPSA) is 102 Å². The molecule has 7 heteroatoms. The van der Waals surface area contributed by atoms with Crippen LogP contribution in [0.15, 0.2) is 66.7 Å². The molecule has 3 aromatic rings. The van der Waals surface area contributed by atoms with E-state index in [-0.39, 0.29) is 18.2 Å². The number of nitrogens with two attached hydrogens (primary N) is 1. The number of anilines is 2. The molecule has 0 heterocycles. The molecule has 0 saturated heterocycles. The van der Waals surface area contributed by atoms with Gasteiger partial charge in [-0.15, -0.1) is 12.4 Å². The maximum atomic E-state index is 12.1. The summed E-state index contributed by atoms with van der Waals surface area (Å²) in [5, 5.41) is 20.4. The quantitative estimate of drug-likeness (QED) is 0.317. The molecule has 0 aliphatic heterocycles. The number of nitrogen functional groups attached to an aromatic ring is 1. The fourth-order valence-corrected chi connectivity index (χ4v) is 3.31. The van der Waals surface area contributed by atoms with Gasteiger partial charge < -0.3 is 21.1 Å². The standard InChI is InChI=1S/C24H26N4O2.ClH/c1-15-11-18(17-5-4-6-21(14-17)28(2)3)13-19(12-15)22(24(29)30)27-20-9-7-16(8-10-20)23(25)26;/h4-14,22,27H,1-3H3,(H3,25,26)(H,29,30);1H. The molecule has 0 radical (unpaired) electrons. The van der Waals surface area contributed by atoms with Crippen LogP contribution >= 0.6 is 12.4 Å². The molecular weight excluding hydrogens is 412 g/mol. The van der Waals surface area contributed by atoms with Gasteiger partial charge in [-0.05, 0) is 66.1 Å². The van der Waals surface area contributed by atoms with Crippen molar-refractivity contribution in [1.82, 2.24) is 0 Å². The Balaban J connectivity index is 0.00000341. The average Bonchev–Trinajstić information content (AvgIpc) is 2.71. The number of carboxylic acids is 1. The zero-order valence-electron chi connectivity index (χ0n) is 17.7. The van der Waals surface area contributed by atoms with E-state index < -0.39 is 12.0 Å². The van der Waals surface area contributed by atoms with Crippen molar-refractivity contribution in [3.8, 4) is 11.1 Å². The molecular formula is C24H27ClN4O2. The third-order valence-electron chi connectivity index (χ3n) is 4.88. The van der Waals surface area contributed by atoms with E-state index in [2.05, 4.69) is 17.4 Å². The number of rotatable bonds is 7. The second-order valence-electron chi connectivity index (χ2n) is 7.48. The minimum Gasteiger partial charge on any atom is -0.479 e. The molecule has 3 aromatic carbocycles. The Bertz CT molecular complexity index is 1080. The van der Waals surface area contributed by atoms with Gasteiger partial charge in [0.2, 0.25) is 0 Å². The fraction of sp³-hybridized carbons (Fsp3) is 0.167. The van der Waals surface area contributed by atoms with Crippen molar-refractivity contribution in [2.45, 2.75) is 13.0 Å². The molecule has 162 valence electrons. The number of carbonyl (C=O) groups is 1. The molecule has 6 nitrogen and oxygen atoms in total. The number of nitrogens with one attached hydrogen (secondary N) is 2. The van der Waals surface area contributed by atoms with E-state index in [1.807, 2.05) is 56.3 Å². The van der Waals surface area contributed by atoms with Gasteiger partial charge in [0.1, 0.15) is 5.84 Å². The lowest BCUT2D eigenvalue weighted by atomic mass is 9.96. The Labute approximate surface area is 188 Å². The monoisotopic (exact) mass is 438 g/mol. The summed E-state index contributed by atoms with van der Waals surface area (Å²) in [5.41, 5.74) is 11.4. The van der Waals surface area contributed by atoms with Crippen LogP contribution in [0.1, 0.15) is 22.7 Å². The van der Waals surface area contributed by atoms with Gasteiger partial charge in [0.05, 0.1) is 0 Å². The fourth-order valence-electron chi connectivity index (χ4n) is 3.31. The predicted molar refractivity (Wildman–Crippen MR) is 130 cm³/mol. The van der Waals surface area contributed by atoms with E-state index in [1.54, 1.807) is 24.3 Å². The third kappa shape index (κ3) is 5.77. The number of carboxylic acid groups (broad SMARTS) is 1. The van der Waals surface area contributed by atoms with Crippen LogP contribution in [0, 0.1) is 12.3 Å². The number of hydrogen-bond donors (Lipinski definition) is 4. The highest BCUT2D eigenvalue weighted by molar-refractivity contribution is 5.95. The summed E-state index contributed by atoms with van der Waals surface area (Å²) < 4.78 is 0. The number of aliphatic carboxylic acids is 1. The van der Waals surface area contributed by atoms with Gasteiger partial charge in [0, 0.05) is 31.0 Å². The number of benzene rings is 3. The summed E-state index contributed by atoms with van der Waals surface area (Å²) >= 11 is 0. The second-order valence-corrected chi connectivity index (χ2v) is 7.48. The van der Waals surface area contributed by atoms with Crippen LogP contribution in [-0.2, 0) is 4.79 Å². The maximum Gasteiger partial charge on any atom is 0.330 e. The summed E-state index contributed by atoms with van der Waals surface area (Å²) in [6.07, 6.45) is 0. The third-order valence-corrected chi connectivity index (χ3v) is 4.88. The van der Waals surface area contributed by atoms with Crippen LogP contribution < -0.4 is 16.0 Å². The Morgan fingerprint density at radius 1 is 1.03 bits per heavy atom. The Morgan fingerprint density at radius 2 is 1.71 bits per heavy atom. The van der Waals surface area contributed by atoms with E-state index >= 15 is 0 Å². The van der Waals surface area contributed by atoms with E-state index in [9.17, 15) is 9.90 Å². The lowest BCUT2D eigenvalue weighted by Gasteiger charge is -2.19. The predicted octanol–water partition coefficient (Wildman–Crippen LogP) is 4.67. The number of amidine groups is 1. The molecule has 3 rings (SSSR count). The summed E-state index contributed by atoms with van der Waals surface area (Å²) in [5.74, 6) is -0.996. The first-order valence-corrected chi connectivity index (χ1v) is 9.58. The first kappa shape index (κ1) is 23.8. The molecule has 1 unspecified atom stereocenters. The maximum absolute atomic E-state index is 12.1. The first-order chi connectivity index (χ1) is 14.2. The van der Waals surface area contributed by atoms with Gasteiger partial charge in [-0.2, -0.15) is 0 Å². The molecule has 1 atom stereocenters. The second kappa shape index (κ2) is 10.00. The van der Waals surface area contributed by atoms with Crippen molar-refractivity contribution in [3.05, 3.63) is 83.4 Å². The molecule has 0 aromatic heterocycles. The van der Waals surface area contributed by atoms with Gasteiger partial charge in [0.25, 0.3) is 0 Å². The molecule has 0 aliphatic carbocycles. The highest BCUT2D eigenvalue weighted by Gasteiger charge is 2.21. The van der Waals surface area contributed by atoms with Crippen LogP contribution in [0.3, 0.4) is 0 Å². The molecule has 31 heavy (non-hydrogen) atoms. The Kier molecular flexibility index (Phi) is 7.67. The minimum absolute atomic E-state index is 0. The normalized spacial score (nSPS) is 11.2. The smallest absolute Gasteiger partial charge is 0.330 e. The lowest BCUT2D eigenvalue weighted by molar-refractivity contribution is -0.138. The largest absolute Gasteiger partial charge is 0.479 e. The molecule has 0 bridgehead atoms. The van der Waals surface area contributed by atoms with Crippen LogP contribution in [0.2, 0.25) is 0 Å². The molecule has 0 amide bonds. The number of halogens is 1. The number of aryl methyl sites for hydroxylation is 1. The van der Waals surface area contributed by atoms with Crippen molar-refractivity contribution < 1.29 is 9.90 Å². The van der Waals surface area contributed by atoms with Crippen molar-refractivity contribution in [2.24, 2.45) is 5.73 Å². The van der Waals surface area contributed by atoms with E-state index in [1.165, 1.54) is 0 Å². The first-order valence-electron chi connectivity index (χ1n) is 9.58. The SMILES string of the molecule is Cc1cc(-c2cccc(N(C)C)c2)cc(C(Nc2ccc(C(=N)N)cc2)C(=O)O)c1.Cl. The Morgan fingerprint density at radius 3 is 2.29 bits per heavy atom. The molecule has 0 saturated carbocycles. The Hall–Kier alpha value is -3.51. The molecule has 0 spiro atoms. The van der Waals surface area contributed by atoms with Crippen LogP contribution in [0.25, 0.3) is 11.1 Å². The lowest BCUT2D eigenvalue weighted by Crippen LogP contribution is -2.21. The van der Waals surface area contributed by atoms with Crippen LogP contribution in [0.5, 0.6) is 0 Å². The highest BCUT2D eigenvalue weighted by Crippen LogP contribution is 2.29. The minimum atomic E-state index is -0.968. The zero-order valence-corrected chi connectivity index (χ0v) is 18.5. The average molecular weight is 439 g/mol. The van der Waals surface area contributed by atoms with Gasteiger partial charge in [-0.3, -0.25) is 5.41 Å². The van der Waals surface area contributed by atoms with Gasteiger partial charge in [-0.25, -0.2) is 4.79 Å². The summed E-state index contributed by atoms with van der Waals surface area (Å²) in [4.78, 5) is 14.1. The zero-order chi connectivity index (χ0) is 21.8. The van der Waals surface area contributed by atoms with Crippen LogP contribution in [0.4, 0.5) is 11.4 Å².